The molecule has 1 atom stereocenters. The molecule has 1 aromatic rings. The summed E-state index contributed by atoms with van der Waals surface area (Å²) >= 11 is 5.85. The number of rotatable bonds is 2. The van der Waals surface area contributed by atoms with Crippen LogP contribution in [0.1, 0.15) is 30.1 Å². The predicted octanol–water partition coefficient (Wildman–Crippen LogP) is 2.68. The first kappa shape index (κ1) is 16.5. The van der Waals surface area contributed by atoms with E-state index < -0.39 is 11.6 Å². The van der Waals surface area contributed by atoms with Crippen molar-refractivity contribution in [1.29, 1.82) is 0 Å². The molecule has 23 heavy (non-hydrogen) atoms. The Labute approximate surface area is 139 Å². The number of hydrogen-bond donors (Lipinski definition) is 1. The van der Waals surface area contributed by atoms with Crippen LogP contribution >= 0.6 is 11.6 Å². The molecule has 0 saturated carbocycles. The van der Waals surface area contributed by atoms with Crippen LogP contribution in [0.25, 0.3) is 0 Å². The lowest BCUT2D eigenvalue weighted by atomic mass is 9.90. The van der Waals surface area contributed by atoms with E-state index in [0.717, 1.165) is 18.9 Å². The van der Waals surface area contributed by atoms with Crippen LogP contribution in [0.15, 0.2) is 12.1 Å². The van der Waals surface area contributed by atoms with Gasteiger partial charge in [-0.1, -0.05) is 11.6 Å². The van der Waals surface area contributed by atoms with Gasteiger partial charge >= 0.3 is 0 Å². The number of ether oxygens (including phenoxy) is 2. The van der Waals surface area contributed by atoms with E-state index in [1.54, 1.807) is 4.90 Å². The van der Waals surface area contributed by atoms with Crippen LogP contribution in [-0.2, 0) is 9.47 Å². The van der Waals surface area contributed by atoms with E-state index in [1.807, 2.05) is 6.92 Å². The summed E-state index contributed by atoms with van der Waals surface area (Å²) in [5.74, 6) is -1.57. The van der Waals surface area contributed by atoms with Crippen molar-refractivity contribution in [2.75, 3.05) is 32.0 Å². The Morgan fingerprint density at radius 1 is 1.43 bits per heavy atom. The van der Waals surface area contributed by atoms with Gasteiger partial charge in [0.05, 0.1) is 24.5 Å². The van der Waals surface area contributed by atoms with E-state index >= 15 is 0 Å². The number of piperidine rings is 1. The predicted molar refractivity (Wildman–Crippen MR) is 84.8 cm³/mol. The molecule has 5 nitrogen and oxygen atoms in total. The first-order chi connectivity index (χ1) is 10.9. The van der Waals surface area contributed by atoms with Crippen molar-refractivity contribution in [3.63, 3.8) is 0 Å². The Bertz CT molecular complexity index is 620. The average molecular weight is 343 g/mol. The number of likely N-dealkylation sites (tertiary alicyclic amines) is 1. The number of halogens is 2. The Morgan fingerprint density at radius 3 is 2.83 bits per heavy atom. The number of hydrogen-bond acceptors (Lipinski definition) is 4. The molecule has 3 rings (SSSR count). The Hall–Kier alpha value is -1.37. The molecule has 0 aliphatic carbocycles. The number of carbonyl (C=O) groups excluding carboxylic acids is 1. The molecule has 0 radical (unpaired) electrons. The molecule has 0 unspecified atom stereocenters. The summed E-state index contributed by atoms with van der Waals surface area (Å²) in [4.78, 5) is 14.4. The summed E-state index contributed by atoms with van der Waals surface area (Å²) in [6.07, 6.45) is 1.75. The molecule has 126 valence electrons. The minimum Gasteiger partial charge on any atom is -0.396 e. The van der Waals surface area contributed by atoms with Crippen LogP contribution < -0.4 is 5.73 Å². The SMILES string of the molecule is CC1([C@@H]2CCCN(C(=O)c3cc(Cl)cc(F)c3N)C2)OCCO1. The van der Waals surface area contributed by atoms with Crippen molar-refractivity contribution in [1.82, 2.24) is 4.90 Å². The van der Waals surface area contributed by atoms with Crippen LogP contribution in [0.5, 0.6) is 0 Å². The third-order valence-electron chi connectivity index (χ3n) is 4.64. The molecule has 0 aromatic heterocycles. The first-order valence-corrected chi connectivity index (χ1v) is 8.10. The van der Waals surface area contributed by atoms with Crippen LogP contribution in [0.3, 0.4) is 0 Å². The minimum absolute atomic E-state index is 0.0768. The standard InChI is InChI=1S/C16H20ClFN2O3/c1-16(22-5-6-23-16)10-3-2-4-20(9-10)15(21)12-7-11(17)8-13(18)14(12)19/h7-8,10H,2-6,9,19H2,1H3/t10-/m1/s1. The van der Waals surface area contributed by atoms with Gasteiger partial charge in [-0.2, -0.15) is 0 Å². The maximum atomic E-state index is 13.7. The molecule has 2 N–H and O–H groups in total. The van der Waals surface area contributed by atoms with Gasteiger partial charge in [0.15, 0.2) is 5.79 Å². The van der Waals surface area contributed by atoms with E-state index in [2.05, 4.69) is 0 Å². The number of anilines is 1. The fourth-order valence-electron chi connectivity index (χ4n) is 3.29. The van der Waals surface area contributed by atoms with E-state index in [-0.39, 0.29) is 28.1 Å². The highest BCUT2D eigenvalue weighted by molar-refractivity contribution is 6.31. The maximum absolute atomic E-state index is 13.7. The Kier molecular flexibility index (Phi) is 4.49. The van der Waals surface area contributed by atoms with Gasteiger partial charge in [-0.05, 0) is 31.9 Å². The van der Waals surface area contributed by atoms with Gasteiger partial charge < -0.3 is 20.1 Å². The summed E-state index contributed by atoms with van der Waals surface area (Å²) in [6.45, 7) is 4.12. The summed E-state index contributed by atoms with van der Waals surface area (Å²) in [6, 6.07) is 2.52. The van der Waals surface area contributed by atoms with Crippen molar-refractivity contribution >= 4 is 23.2 Å². The number of benzene rings is 1. The number of carbonyl (C=O) groups is 1. The fraction of sp³-hybridized carbons (Fsp3) is 0.562. The summed E-state index contributed by atoms with van der Waals surface area (Å²) in [5.41, 5.74) is 5.65. The molecule has 2 saturated heterocycles. The highest BCUT2D eigenvalue weighted by Gasteiger charge is 2.42. The summed E-state index contributed by atoms with van der Waals surface area (Å²) in [5, 5.41) is 0.156. The summed E-state index contributed by atoms with van der Waals surface area (Å²) in [7, 11) is 0. The van der Waals surface area contributed by atoms with Gasteiger partial charge in [0, 0.05) is 24.0 Å². The van der Waals surface area contributed by atoms with Crippen molar-refractivity contribution < 1.29 is 18.7 Å². The third-order valence-corrected chi connectivity index (χ3v) is 4.85. The van der Waals surface area contributed by atoms with Crippen molar-refractivity contribution in [3.05, 3.63) is 28.5 Å². The number of nitrogen functional groups attached to an aromatic ring is 1. The highest BCUT2D eigenvalue weighted by Crippen LogP contribution is 2.35. The van der Waals surface area contributed by atoms with Crippen LogP contribution in [-0.4, -0.2) is 42.9 Å². The normalized spacial score (nSPS) is 24.0. The van der Waals surface area contributed by atoms with E-state index in [9.17, 15) is 9.18 Å². The molecule has 2 heterocycles. The molecule has 2 aliphatic heterocycles. The van der Waals surface area contributed by atoms with Crippen molar-refractivity contribution in [3.8, 4) is 0 Å². The van der Waals surface area contributed by atoms with E-state index in [0.29, 0.717) is 26.3 Å². The topological polar surface area (TPSA) is 64.8 Å². The molecule has 2 aliphatic rings. The van der Waals surface area contributed by atoms with Gasteiger partial charge in [0.1, 0.15) is 5.82 Å². The molecule has 0 spiro atoms. The lowest BCUT2D eigenvalue weighted by Gasteiger charge is -2.40. The van der Waals surface area contributed by atoms with Crippen molar-refractivity contribution in [2.24, 2.45) is 5.92 Å². The smallest absolute Gasteiger partial charge is 0.256 e. The van der Waals surface area contributed by atoms with Gasteiger partial charge in [0.25, 0.3) is 5.91 Å². The van der Waals surface area contributed by atoms with Crippen LogP contribution in [0.2, 0.25) is 5.02 Å². The lowest BCUT2D eigenvalue weighted by Crippen LogP contribution is -2.48. The number of amides is 1. The van der Waals surface area contributed by atoms with E-state index in [4.69, 9.17) is 26.8 Å². The van der Waals surface area contributed by atoms with Gasteiger partial charge in [0.2, 0.25) is 0 Å². The maximum Gasteiger partial charge on any atom is 0.256 e. The largest absolute Gasteiger partial charge is 0.396 e. The zero-order chi connectivity index (χ0) is 16.6. The van der Waals surface area contributed by atoms with Crippen molar-refractivity contribution in [2.45, 2.75) is 25.6 Å². The Morgan fingerprint density at radius 2 is 2.13 bits per heavy atom. The molecule has 1 amide bonds. The van der Waals surface area contributed by atoms with Crippen LogP contribution in [0.4, 0.5) is 10.1 Å². The van der Waals surface area contributed by atoms with Crippen LogP contribution in [0, 0.1) is 11.7 Å². The second-order valence-electron chi connectivity index (χ2n) is 6.15. The third kappa shape index (κ3) is 3.16. The number of nitrogens with zero attached hydrogens (tertiary/aromatic N) is 1. The summed E-state index contributed by atoms with van der Waals surface area (Å²) < 4.78 is 25.2. The quantitative estimate of drug-likeness (QED) is 0.839. The lowest BCUT2D eigenvalue weighted by molar-refractivity contribution is -0.189. The van der Waals surface area contributed by atoms with Gasteiger partial charge in [-0.15, -0.1) is 0 Å². The molecule has 2 fully saturated rings. The average Bonchev–Trinajstić information content (AvgIpc) is 2.98. The molecule has 7 heteroatoms. The zero-order valence-electron chi connectivity index (χ0n) is 13.0. The van der Waals surface area contributed by atoms with Gasteiger partial charge in [-0.25, -0.2) is 4.39 Å². The Balaban J connectivity index is 1.80. The second-order valence-corrected chi connectivity index (χ2v) is 6.59. The van der Waals surface area contributed by atoms with E-state index in [1.165, 1.54) is 6.07 Å². The zero-order valence-corrected chi connectivity index (χ0v) is 13.7. The fourth-order valence-corrected chi connectivity index (χ4v) is 3.49. The second kappa shape index (κ2) is 6.26. The molecular formula is C16H20ClFN2O3. The first-order valence-electron chi connectivity index (χ1n) is 7.72. The minimum atomic E-state index is -0.677. The van der Waals surface area contributed by atoms with Gasteiger partial charge in [-0.3, -0.25) is 4.79 Å². The monoisotopic (exact) mass is 342 g/mol. The molecule has 0 bridgehead atoms. The number of nitrogens with two attached hydrogens (primary N) is 1. The highest BCUT2D eigenvalue weighted by atomic mass is 35.5. The molecule has 1 aromatic carbocycles. The molecular weight excluding hydrogens is 323 g/mol.